The number of methoxy groups -OCH3 is 2. The van der Waals surface area contributed by atoms with Crippen LogP contribution in [-0.4, -0.2) is 26.2 Å². The van der Waals surface area contributed by atoms with Crippen LogP contribution in [0.5, 0.6) is 0 Å². The summed E-state index contributed by atoms with van der Waals surface area (Å²) >= 11 is 0. The monoisotopic (exact) mass is 291 g/mol. The molecule has 0 heterocycles. The van der Waals surface area contributed by atoms with E-state index in [0.717, 1.165) is 6.08 Å². The minimum absolute atomic E-state index is 0.0212. The SMILES string of the molecule is COC(=O)/C=C(/Nc1ccc(C(C)(C)C)cc1)C(=O)OC. The second kappa shape index (κ2) is 6.92. The largest absolute Gasteiger partial charge is 0.466 e. The average molecular weight is 291 g/mol. The molecule has 0 saturated heterocycles. The number of esters is 2. The Hall–Kier alpha value is -2.30. The summed E-state index contributed by atoms with van der Waals surface area (Å²) in [6.45, 7) is 6.35. The number of hydrogen-bond acceptors (Lipinski definition) is 5. The minimum atomic E-state index is -0.639. The van der Waals surface area contributed by atoms with Gasteiger partial charge in [-0.25, -0.2) is 9.59 Å². The van der Waals surface area contributed by atoms with Crippen LogP contribution in [0.2, 0.25) is 0 Å². The van der Waals surface area contributed by atoms with Gasteiger partial charge >= 0.3 is 11.9 Å². The van der Waals surface area contributed by atoms with Gasteiger partial charge in [0.05, 0.1) is 20.3 Å². The maximum Gasteiger partial charge on any atom is 0.354 e. The Kier molecular flexibility index (Phi) is 5.52. The summed E-state index contributed by atoms with van der Waals surface area (Å²) in [4.78, 5) is 22.9. The zero-order valence-electron chi connectivity index (χ0n) is 13.0. The molecule has 0 fully saturated rings. The zero-order valence-corrected chi connectivity index (χ0v) is 13.0. The van der Waals surface area contributed by atoms with E-state index < -0.39 is 11.9 Å². The molecule has 1 aromatic rings. The highest BCUT2D eigenvalue weighted by Gasteiger charge is 2.15. The summed E-state index contributed by atoms with van der Waals surface area (Å²) in [6, 6.07) is 7.62. The molecule has 0 aliphatic rings. The van der Waals surface area contributed by atoms with Crippen molar-refractivity contribution >= 4 is 17.6 Å². The first kappa shape index (κ1) is 16.8. The molecule has 1 rings (SSSR count). The van der Waals surface area contributed by atoms with Gasteiger partial charge in [-0.05, 0) is 23.1 Å². The molecule has 0 aromatic heterocycles. The first-order valence-electron chi connectivity index (χ1n) is 6.53. The van der Waals surface area contributed by atoms with E-state index in [1.54, 1.807) is 0 Å². The Balaban J connectivity index is 2.97. The number of benzene rings is 1. The Bertz CT molecular complexity index is 538. The molecule has 0 unspecified atom stereocenters. The molecule has 0 aliphatic carbocycles. The maximum absolute atomic E-state index is 11.6. The quantitative estimate of drug-likeness (QED) is 0.682. The Morgan fingerprint density at radius 1 is 1.05 bits per heavy atom. The van der Waals surface area contributed by atoms with Gasteiger partial charge in [-0.15, -0.1) is 0 Å². The molecule has 0 spiro atoms. The van der Waals surface area contributed by atoms with Crippen LogP contribution < -0.4 is 5.32 Å². The summed E-state index contributed by atoms with van der Waals surface area (Å²) in [5.74, 6) is -1.27. The van der Waals surface area contributed by atoms with Crippen molar-refractivity contribution in [3.63, 3.8) is 0 Å². The molecule has 114 valence electrons. The van der Waals surface area contributed by atoms with E-state index in [9.17, 15) is 9.59 Å². The molecule has 0 atom stereocenters. The molecule has 1 N–H and O–H groups in total. The van der Waals surface area contributed by atoms with E-state index in [0.29, 0.717) is 5.69 Å². The van der Waals surface area contributed by atoms with Crippen LogP contribution in [0, 0.1) is 0 Å². The fourth-order valence-corrected chi connectivity index (χ4v) is 1.64. The van der Waals surface area contributed by atoms with Crippen molar-refractivity contribution in [3.05, 3.63) is 41.6 Å². The van der Waals surface area contributed by atoms with Gasteiger partial charge in [-0.1, -0.05) is 32.9 Å². The number of hydrogen-bond donors (Lipinski definition) is 1. The Labute approximate surface area is 124 Å². The molecule has 21 heavy (non-hydrogen) atoms. The van der Waals surface area contributed by atoms with Crippen molar-refractivity contribution in [2.45, 2.75) is 26.2 Å². The average Bonchev–Trinajstić information content (AvgIpc) is 2.45. The lowest BCUT2D eigenvalue weighted by Gasteiger charge is -2.19. The Morgan fingerprint density at radius 3 is 2.05 bits per heavy atom. The number of anilines is 1. The lowest BCUT2D eigenvalue weighted by atomic mass is 9.87. The van der Waals surface area contributed by atoms with Gasteiger partial charge < -0.3 is 14.8 Å². The summed E-state index contributed by atoms with van der Waals surface area (Å²) in [7, 11) is 2.49. The molecule has 0 radical (unpaired) electrons. The second-order valence-corrected chi connectivity index (χ2v) is 5.53. The highest BCUT2D eigenvalue weighted by Crippen LogP contribution is 2.24. The van der Waals surface area contributed by atoms with Gasteiger partial charge in [0.15, 0.2) is 0 Å². The van der Waals surface area contributed by atoms with E-state index >= 15 is 0 Å². The van der Waals surface area contributed by atoms with Gasteiger partial charge in [0.1, 0.15) is 5.70 Å². The van der Waals surface area contributed by atoms with Crippen LogP contribution in [0.1, 0.15) is 26.3 Å². The number of ether oxygens (including phenoxy) is 2. The molecule has 5 heteroatoms. The number of rotatable bonds is 4. The topological polar surface area (TPSA) is 64.6 Å². The second-order valence-electron chi connectivity index (χ2n) is 5.53. The Morgan fingerprint density at radius 2 is 1.62 bits per heavy atom. The van der Waals surface area contributed by atoms with Crippen LogP contribution in [0.3, 0.4) is 0 Å². The standard InChI is InChI=1S/C16H21NO4/c1-16(2,3)11-6-8-12(9-7-11)17-13(15(19)21-5)10-14(18)20-4/h6-10,17H,1-5H3/b13-10+. The van der Waals surface area contributed by atoms with Crippen LogP contribution in [-0.2, 0) is 24.5 Å². The summed E-state index contributed by atoms with van der Waals surface area (Å²) in [5.41, 5.74) is 1.92. The highest BCUT2D eigenvalue weighted by molar-refractivity contribution is 5.98. The molecule has 0 aliphatic heterocycles. The van der Waals surface area contributed by atoms with Crippen molar-refractivity contribution in [2.75, 3.05) is 19.5 Å². The summed E-state index contributed by atoms with van der Waals surface area (Å²) < 4.78 is 9.14. The van der Waals surface area contributed by atoms with Crippen molar-refractivity contribution in [1.29, 1.82) is 0 Å². The maximum atomic E-state index is 11.6. The van der Waals surface area contributed by atoms with Crippen LogP contribution >= 0.6 is 0 Å². The molecule has 0 bridgehead atoms. The third kappa shape index (κ3) is 4.95. The van der Waals surface area contributed by atoms with Gasteiger partial charge in [0, 0.05) is 5.69 Å². The highest BCUT2D eigenvalue weighted by atomic mass is 16.5. The molecular formula is C16H21NO4. The van der Waals surface area contributed by atoms with Crippen LogP contribution in [0.4, 0.5) is 5.69 Å². The minimum Gasteiger partial charge on any atom is -0.466 e. The number of nitrogens with one attached hydrogen (secondary N) is 1. The van der Waals surface area contributed by atoms with Crippen LogP contribution in [0.25, 0.3) is 0 Å². The van der Waals surface area contributed by atoms with Gasteiger partial charge in [0.2, 0.25) is 0 Å². The summed E-state index contributed by atoms with van der Waals surface area (Å²) in [6.07, 6.45) is 1.06. The zero-order chi connectivity index (χ0) is 16.0. The van der Waals surface area contributed by atoms with E-state index in [1.807, 2.05) is 24.3 Å². The number of carbonyl (C=O) groups excluding carboxylic acids is 2. The van der Waals surface area contributed by atoms with Gasteiger partial charge in [-0.3, -0.25) is 0 Å². The predicted octanol–water partition coefficient (Wildman–Crippen LogP) is 2.63. The van der Waals surface area contributed by atoms with E-state index in [4.69, 9.17) is 0 Å². The molecular weight excluding hydrogens is 270 g/mol. The van der Waals surface area contributed by atoms with Crippen molar-refractivity contribution in [3.8, 4) is 0 Å². The van der Waals surface area contributed by atoms with Gasteiger partial charge in [0.25, 0.3) is 0 Å². The van der Waals surface area contributed by atoms with E-state index in [1.165, 1.54) is 19.8 Å². The fourth-order valence-electron chi connectivity index (χ4n) is 1.64. The third-order valence-electron chi connectivity index (χ3n) is 2.90. The third-order valence-corrected chi connectivity index (χ3v) is 2.90. The van der Waals surface area contributed by atoms with Crippen molar-refractivity contribution < 1.29 is 19.1 Å². The molecule has 1 aromatic carbocycles. The van der Waals surface area contributed by atoms with Gasteiger partial charge in [-0.2, -0.15) is 0 Å². The van der Waals surface area contributed by atoms with E-state index in [-0.39, 0.29) is 11.1 Å². The number of carbonyl (C=O) groups is 2. The van der Waals surface area contributed by atoms with E-state index in [2.05, 4.69) is 35.6 Å². The van der Waals surface area contributed by atoms with Crippen molar-refractivity contribution in [1.82, 2.24) is 0 Å². The molecule has 0 amide bonds. The first-order chi connectivity index (χ1) is 9.77. The smallest absolute Gasteiger partial charge is 0.354 e. The first-order valence-corrected chi connectivity index (χ1v) is 6.53. The predicted molar refractivity (Wildman–Crippen MR) is 80.9 cm³/mol. The summed E-state index contributed by atoms with van der Waals surface area (Å²) in [5, 5.41) is 2.86. The van der Waals surface area contributed by atoms with Crippen molar-refractivity contribution in [2.24, 2.45) is 0 Å². The van der Waals surface area contributed by atoms with Crippen LogP contribution in [0.15, 0.2) is 36.0 Å². The lowest BCUT2D eigenvalue weighted by Crippen LogP contribution is -2.16. The normalized spacial score (nSPS) is 11.8. The lowest BCUT2D eigenvalue weighted by molar-refractivity contribution is -0.138. The fraction of sp³-hybridized carbons (Fsp3) is 0.375. The molecule has 0 saturated carbocycles. The molecule has 5 nitrogen and oxygen atoms in total.